The third-order valence-corrected chi connectivity index (χ3v) is 12.1. The number of anilines is 3. The maximum absolute atomic E-state index is 6.76. The normalized spacial score (nSPS) is 12.9. The molecule has 0 amide bonds. The van der Waals surface area contributed by atoms with Crippen molar-refractivity contribution in [2.45, 2.75) is 19.3 Å². The zero-order valence-electron chi connectivity index (χ0n) is 31.9. The fourth-order valence-electron chi connectivity index (χ4n) is 9.19. The summed E-state index contributed by atoms with van der Waals surface area (Å²) >= 11 is 0. The van der Waals surface area contributed by atoms with Gasteiger partial charge in [-0.2, -0.15) is 0 Å². The molecule has 0 aliphatic heterocycles. The molecule has 9 aromatic carbocycles. The van der Waals surface area contributed by atoms with E-state index in [1.165, 1.54) is 49.9 Å². The molecule has 2 nitrogen and oxygen atoms in total. The van der Waals surface area contributed by atoms with Crippen LogP contribution in [0.3, 0.4) is 0 Å². The van der Waals surface area contributed by atoms with Gasteiger partial charge < -0.3 is 9.32 Å². The van der Waals surface area contributed by atoms with Crippen molar-refractivity contribution < 1.29 is 4.42 Å². The predicted molar refractivity (Wildman–Crippen MR) is 240 cm³/mol. The van der Waals surface area contributed by atoms with E-state index in [1.807, 2.05) is 0 Å². The number of hydrogen-bond donors (Lipinski definition) is 0. The van der Waals surface area contributed by atoms with Crippen molar-refractivity contribution in [2.75, 3.05) is 4.90 Å². The topological polar surface area (TPSA) is 16.4 Å². The van der Waals surface area contributed by atoms with Crippen LogP contribution in [0.2, 0.25) is 0 Å². The van der Waals surface area contributed by atoms with Gasteiger partial charge in [-0.1, -0.05) is 172 Å². The number of nitrogens with zero attached hydrogens (tertiary/aromatic N) is 1. The Morgan fingerprint density at radius 1 is 0.368 bits per heavy atom. The minimum Gasteiger partial charge on any atom is -0.455 e. The van der Waals surface area contributed by atoms with Crippen LogP contribution in [0.1, 0.15) is 25.0 Å². The Balaban J connectivity index is 1.10. The highest BCUT2D eigenvalue weighted by molar-refractivity contribution is 6.17. The summed E-state index contributed by atoms with van der Waals surface area (Å²) in [5.74, 6) is 0. The van der Waals surface area contributed by atoms with Crippen LogP contribution < -0.4 is 4.90 Å². The molecular weight excluding hydrogens is 691 g/mol. The summed E-state index contributed by atoms with van der Waals surface area (Å²) < 4.78 is 6.76. The molecule has 1 aliphatic rings. The lowest BCUT2D eigenvalue weighted by Gasteiger charge is -2.30. The van der Waals surface area contributed by atoms with Crippen molar-refractivity contribution in [3.05, 3.63) is 211 Å². The van der Waals surface area contributed by atoms with Crippen molar-refractivity contribution in [3.63, 3.8) is 0 Å². The summed E-state index contributed by atoms with van der Waals surface area (Å²) in [6.07, 6.45) is 0. The first-order valence-electron chi connectivity index (χ1n) is 19.8. The van der Waals surface area contributed by atoms with E-state index in [-0.39, 0.29) is 5.41 Å². The molecule has 0 unspecified atom stereocenters. The van der Waals surface area contributed by atoms with Gasteiger partial charge in [-0.15, -0.1) is 0 Å². The summed E-state index contributed by atoms with van der Waals surface area (Å²) in [7, 11) is 0. The molecule has 2 heteroatoms. The third kappa shape index (κ3) is 5.33. The zero-order chi connectivity index (χ0) is 38.1. The van der Waals surface area contributed by atoms with E-state index in [2.05, 4.69) is 219 Å². The fourth-order valence-corrected chi connectivity index (χ4v) is 9.19. The number of rotatable bonds is 6. The molecule has 10 aromatic rings. The van der Waals surface area contributed by atoms with E-state index in [9.17, 15) is 0 Å². The van der Waals surface area contributed by atoms with Crippen LogP contribution in [0.25, 0.3) is 77.2 Å². The van der Waals surface area contributed by atoms with Gasteiger partial charge in [0.25, 0.3) is 0 Å². The Hall–Kier alpha value is -7.16. The van der Waals surface area contributed by atoms with Crippen molar-refractivity contribution in [2.24, 2.45) is 0 Å². The van der Waals surface area contributed by atoms with E-state index in [4.69, 9.17) is 4.42 Å². The molecule has 1 aliphatic carbocycles. The smallest absolute Gasteiger partial charge is 0.143 e. The molecule has 0 bridgehead atoms. The second-order valence-corrected chi connectivity index (χ2v) is 15.7. The zero-order valence-corrected chi connectivity index (χ0v) is 31.9. The standard InChI is InChI=1S/C55H39NO/c1-55(2)50-23-12-11-20-45(50)46-32-30-42(35-51(46)55)56(52-33-27-40(36-14-5-3-6-15-36)34-49(52)37-16-7-4-8-17-37)41-28-24-39(25-29-41)44-21-13-22-47-48-31-26-38-18-9-10-19-43(38)54(48)57-53(44)47/h3-35H,1-2H3. The second-order valence-electron chi connectivity index (χ2n) is 15.7. The Labute approximate surface area is 332 Å². The highest BCUT2D eigenvalue weighted by atomic mass is 16.3. The molecule has 0 N–H and O–H groups in total. The van der Waals surface area contributed by atoms with Crippen molar-refractivity contribution in [1.29, 1.82) is 0 Å². The minimum atomic E-state index is -0.131. The van der Waals surface area contributed by atoms with Gasteiger partial charge in [-0.3, -0.25) is 0 Å². The highest BCUT2D eigenvalue weighted by Gasteiger charge is 2.36. The van der Waals surface area contributed by atoms with Crippen LogP contribution in [0.15, 0.2) is 205 Å². The Morgan fingerprint density at radius 3 is 1.81 bits per heavy atom. The minimum absolute atomic E-state index is 0.131. The first kappa shape index (κ1) is 33.2. The number of benzene rings is 9. The van der Waals surface area contributed by atoms with E-state index in [0.717, 1.165) is 55.5 Å². The highest BCUT2D eigenvalue weighted by Crippen LogP contribution is 2.51. The number of hydrogen-bond acceptors (Lipinski definition) is 2. The first-order chi connectivity index (χ1) is 28.0. The average Bonchev–Trinajstić information content (AvgIpc) is 3.77. The Kier molecular flexibility index (Phi) is 7.55. The molecule has 0 fully saturated rings. The van der Waals surface area contributed by atoms with Crippen LogP contribution in [-0.4, -0.2) is 0 Å². The summed E-state index contributed by atoms with van der Waals surface area (Å²) in [5.41, 5.74) is 17.3. The quantitative estimate of drug-likeness (QED) is 0.169. The van der Waals surface area contributed by atoms with Gasteiger partial charge in [0.1, 0.15) is 11.2 Å². The van der Waals surface area contributed by atoms with Crippen molar-refractivity contribution in [3.8, 4) is 44.5 Å². The SMILES string of the molecule is CC1(C)c2ccccc2-c2ccc(N(c3ccc(-c4cccc5c4oc4c6ccccc6ccc54)cc3)c3ccc(-c4ccccc4)cc3-c3ccccc3)cc21. The number of fused-ring (bicyclic) bond motifs is 8. The summed E-state index contributed by atoms with van der Waals surface area (Å²) in [5, 5.41) is 4.59. The van der Waals surface area contributed by atoms with Gasteiger partial charge in [0.15, 0.2) is 0 Å². The summed E-state index contributed by atoms with van der Waals surface area (Å²) in [6.45, 7) is 4.71. The molecule has 0 radical (unpaired) electrons. The largest absolute Gasteiger partial charge is 0.455 e. The van der Waals surface area contributed by atoms with Gasteiger partial charge >= 0.3 is 0 Å². The second kappa shape index (κ2) is 13.0. The predicted octanol–water partition coefficient (Wildman–Crippen LogP) is 15.5. The Morgan fingerprint density at radius 2 is 0.982 bits per heavy atom. The van der Waals surface area contributed by atoms with Crippen molar-refractivity contribution >= 4 is 49.8 Å². The molecule has 1 heterocycles. The molecule has 0 saturated heterocycles. The fraction of sp³-hybridized carbons (Fsp3) is 0.0545. The number of para-hydroxylation sites is 1. The van der Waals surface area contributed by atoms with E-state index >= 15 is 0 Å². The van der Waals surface area contributed by atoms with Gasteiger partial charge in [0.2, 0.25) is 0 Å². The summed E-state index contributed by atoms with van der Waals surface area (Å²) in [4.78, 5) is 2.44. The number of furan rings is 1. The summed E-state index contributed by atoms with van der Waals surface area (Å²) in [6, 6.07) is 72.6. The van der Waals surface area contributed by atoms with Crippen LogP contribution in [-0.2, 0) is 5.41 Å². The third-order valence-electron chi connectivity index (χ3n) is 12.1. The molecule has 0 atom stereocenters. The van der Waals surface area contributed by atoms with E-state index in [1.54, 1.807) is 0 Å². The molecule has 57 heavy (non-hydrogen) atoms. The maximum Gasteiger partial charge on any atom is 0.143 e. The van der Waals surface area contributed by atoms with Crippen LogP contribution in [0.4, 0.5) is 17.1 Å². The van der Waals surface area contributed by atoms with Crippen LogP contribution in [0, 0.1) is 0 Å². The van der Waals surface area contributed by atoms with E-state index in [0.29, 0.717) is 0 Å². The molecule has 270 valence electrons. The van der Waals surface area contributed by atoms with Crippen LogP contribution in [0.5, 0.6) is 0 Å². The lowest BCUT2D eigenvalue weighted by Crippen LogP contribution is -2.17. The molecule has 0 spiro atoms. The molecular formula is C55H39NO. The molecule has 11 rings (SSSR count). The maximum atomic E-state index is 6.76. The van der Waals surface area contributed by atoms with Gasteiger partial charge in [-0.25, -0.2) is 0 Å². The lowest BCUT2D eigenvalue weighted by molar-refractivity contribution is 0.660. The van der Waals surface area contributed by atoms with Gasteiger partial charge in [0.05, 0.1) is 5.69 Å². The van der Waals surface area contributed by atoms with Crippen LogP contribution >= 0.6 is 0 Å². The van der Waals surface area contributed by atoms with Gasteiger partial charge in [0, 0.05) is 44.1 Å². The lowest BCUT2D eigenvalue weighted by atomic mass is 9.82. The average molecular weight is 730 g/mol. The molecule has 1 aromatic heterocycles. The molecule has 0 saturated carbocycles. The van der Waals surface area contributed by atoms with Crippen molar-refractivity contribution in [1.82, 2.24) is 0 Å². The monoisotopic (exact) mass is 729 g/mol. The first-order valence-corrected chi connectivity index (χ1v) is 19.8. The Bertz CT molecular complexity index is 3140. The van der Waals surface area contributed by atoms with E-state index < -0.39 is 0 Å². The van der Waals surface area contributed by atoms with Gasteiger partial charge in [-0.05, 0) is 92.4 Å².